The van der Waals surface area contributed by atoms with Crippen LogP contribution >= 0.6 is 0 Å². The molecule has 0 spiro atoms. The first kappa shape index (κ1) is 8.08. The molecule has 0 unspecified atom stereocenters. The van der Waals surface area contributed by atoms with Gasteiger partial charge in [-0.3, -0.25) is 0 Å². The third-order valence-corrected chi connectivity index (χ3v) is 1.92. The normalized spacial score (nSPS) is 10.2. The molecule has 0 saturated heterocycles. The third kappa shape index (κ3) is 1.63. The number of hydrogen-bond acceptors (Lipinski definition) is 2. The molecule has 1 aromatic heterocycles. The summed E-state index contributed by atoms with van der Waals surface area (Å²) in [5.74, 6) is 0.596. The molecule has 0 bridgehead atoms. The van der Waals surface area contributed by atoms with Gasteiger partial charge in [-0.15, -0.1) is 0 Å². The summed E-state index contributed by atoms with van der Waals surface area (Å²) in [6, 6.07) is 11.8. The largest absolute Gasteiger partial charge is 0.466 e. The van der Waals surface area contributed by atoms with Crippen LogP contribution in [0.1, 0.15) is 5.76 Å². The highest BCUT2D eigenvalue weighted by molar-refractivity contribution is 5.62. The van der Waals surface area contributed by atoms with E-state index in [1.807, 2.05) is 36.4 Å². The fourth-order valence-electron chi connectivity index (χ4n) is 1.25. The summed E-state index contributed by atoms with van der Waals surface area (Å²) in [4.78, 5) is 0. The molecule has 0 atom stereocenters. The maximum absolute atomic E-state index is 8.80. The van der Waals surface area contributed by atoms with Crippen molar-refractivity contribution in [2.75, 3.05) is 0 Å². The molecule has 13 heavy (non-hydrogen) atoms. The maximum atomic E-state index is 8.80. The van der Waals surface area contributed by atoms with Gasteiger partial charge in [-0.1, -0.05) is 30.3 Å². The molecule has 0 aliphatic rings. The first-order chi connectivity index (χ1) is 6.40. The van der Waals surface area contributed by atoms with Crippen LogP contribution in [-0.4, -0.2) is 5.11 Å². The second-order valence-electron chi connectivity index (χ2n) is 2.83. The van der Waals surface area contributed by atoms with Crippen molar-refractivity contribution in [1.82, 2.24) is 0 Å². The molecule has 0 amide bonds. The Morgan fingerprint density at radius 2 is 1.85 bits per heavy atom. The van der Waals surface area contributed by atoms with Gasteiger partial charge in [-0.05, 0) is 11.6 Å². The Morgan fingerprint density at radius 1 is 1.08 bits per heavy atom. The Balaban J connectivity index is 2.36. The summed E-state index contributed by atoms with van der Waals surface area (Å²) >= 11 is 0. The third-order valence-electron chi connectivity index (χ3n) is 1.92. The van der Waals surface area contributed by atoms with Crippen molar-refractivity contribution in [2.24, 2.45) is 0 Å². The topological polar surface area (TPSA) is 33.4 Å². The zero-order valence-corrected chi connectivity index (χ0v) is 7.10. The SMILES string of the molecule is OCc1cc(-c2ccccc2)co1. The van der Waals surface area contributed by atoms with E-state index in [0.717, 1.165) is 11.1 Å². The number of aliphatic hydroxyl groups excluding tert-OH is 1. The lowest BCUT2D eigenvalue weighted by Crippen LogP contribution is -1.74. The van der Waals surface area contributed by atoms with Crippen LogP contribution in [0.3, 0.4) is 0 Å². The Morgan fingerprint density at radius 3 is 2.46 bits per heavy atom. The number of hydrogen-bond donors (Lipinski definition) is 1. The van der Waals surface area contributed by atoms with Gasteiger partial charge in [-0.2, -0.15) is 0 Å². The summed E-state index contributed by atoms with van der Waals surface area (Å²) in [6.07, 6.45) is 1.65. The van der Waals surface area contributed by atoms with Crippen molar-refractivity contribution in [3.63, 3.8) is 0 Å². The number of furan rings is 1. The van der Waals surface area contributed by atoms with Crippen LogP contribution in [0.15, 0.2) is 47.1 Å². The lowest BCUT2D eigenvalue weighted by atomic mass is 10.1. The molecule has 2 nitrogen and oxygen atoms in total. The quantitative estimate of drug-likeness (QED) is 0.758. The average Bonchev–Trinajstić information content (AvgIpc) is 2.67. The fourth-order valence-corrected chi connectivity index (χ4v) is 1.25. The summed E-state index contributed by atoms with van der Waals surface area (Å²) in [5, 5.41) is 8.80. The molecule has 0 aliphatic heterocycles. The van der Waals surface area contributed by atoms with Gasteiger partial charge in [0, 0.05) is 5.56 Å². The molecule has 0 aliphatic carbocycles. The Labute approximate surface area is 76.4 Å². The van der Waals surface area contributed by atoms with Crippen molar-refractivity contribution < 1.29 is 9.52 Å². The first-order valence-electron chi connectivity index (χ1n) is 4.14. The number of rotatable bonds is 2. The van der Waals surface area contributed by atoms with Gasteiger partial charge < -0.3 is 9.52 Å². The van der Waals surface area contributed by atoms with Crippen molar-refractivity contribution in [3.8, 4) is 11.1 Å². The van der Waals surface area contributed by atoms with Crippen LogP contribution in [0, 0.1) is 0 Å². The summed E-state index contributed by atoms with van der Waals surface area (Å²) in [5.41, 5.74) is 2.11. The monoisotopic (exact) mass is 174 g/mol. The van der Waals surface area contributed by atoms with Crippen molar-refractivity contribution in [3.05, 3.63) is 48.4 Å². The lowest BCUT2D eigenvalue weighted by molar-refractivity contribution is 0.247. The molecule has 0 radical (unpaired) electrons. The smallest absolute Gasteiger partial charge is 0.129 e. The van der Waals surface area contributed by atoms with E-state index in [1.165, 1.54) is 0 Å². The second-order valence-corrected chi connectivity index (χ2v) is 2.83. The Kier molecular flexibility index (Phi) is 2.15. The lowest BCUT2D eigenvalue weighted by Gasteiger charge is -1.92. The second kappa shape index (κ2) is 3.46. The molecule has 0 saturated carbocycles. The van der Waals surface area contributed by atoms with E-state index in [4.69, 9.17) is 9.52 Å². The summed E-state index contributed by atoms with van der Waals surface area (Å²) in [6.45, 7) is -0.0488. The van der Waals surface area contributed by atoms with Crippen LogP contribution < -0.4 is 0 Å². The highest BCUT2D eigenvalue weighted by Crippen LogP contribution is 2.21. The zero-order chi connectivity index (χ0) is 9.10. The van der Waals surface area contributed by atoms with E-state index in [0.29, 0.717) is 5.76 Å². The van der Waals surface area contributed by atoms with E-state index in [2.05, 4.69) is 0 Å². The van der Waals surface area contributed by atoms with Crippen LogP contribution in [-0.2, 0) is 6.61 Å². The number of benzene rings is 1. The van der Waals surface area contributed by atoms with Gasteiger partial charge in [-0.25, -0.2) is 0 Å². The molecular weight excluding hydrogens is 164 g/mol. The summed E-state index contributed by atoms with van der Waals surface area (Å²) in [7, 11) is 0. The molecule has 0 fully saturated rings. The first-order valence-corrected chi connectivity index (χ1v) is 4.14. The molecule has 66 valence electrons. The van der Waals surface area contributed by atoms with Crippen LogP contribution in [0.25, 0.3) is 11.1 Å². The summed E-state index contributed by atoms with van der Waals surface area (Å²) < 4.78 is 5.12. The van der Waals surface area contributed by atoms with Crippen molar-refractivity contribution in [2.45, 2.75) is 6.61 Å². The molecule has 1 aromatic carbocycles. The van der Waals surface area contributed by atoms with Crippen molar-refractivity contribution >= 4 is 0 Å². The van der Waals surface area contributed by atoms with Crippen LogP contribution in [0.5, 0.6) is 0 Å². The van der Waals surface area contributed by atoms with E-state index in [9.17, 15) is 0 Å². The fraction of sp³-hybridized carbons (Fsp3) is 0.0909. The highest BCUT2D eigenvalue weighted by Gasteiger charge is 2.01. The molecular formula is C11H10O2. The van der Waals surface area contributed by atoms with Crippen molar-refractivity contribution in [1.29, 1.82) is 0 Å². The molecule has 1 N–H and O–H groups in total. The van der Waals surface area contributed by atoms with Crippen LogP contribution in [0.2, 0.25) is 0 Å². The Hall–Kier alpha value is -1.54. The molecule has 2 rings (SSSR count). The van der Waals surface area contributed by atoms with E-state index in [1.54, 1.807) is 6.26 Å². The molecule has 2 heteroatoms. The van der Waals surface area contributed by atoms with Gasteiger partial charge in [0.25, 0.3) is 0 Å². The van der Waals surface area contributed by atoms with E-state index < -0.39 is 0 Å². The van der Waals surface area contributed by atoms with Crippen LogP contribution in [0.4, 0.5) is 0 Å². The van der Waals surface area contributed by atoms with Gasteiger partial charge in [0.15, 0.2) is 0 Å². The molecule has 1 heterocycles. The minimum atomic E-state index is -0.0488. The molecule has 2 aromatic rings. The van der Waals surface area contributed by atoms with E-state index in [-0.39, 0.29) is 6.61 Å². The van der Waals surface area contributed by atoms with Gasteiger partial charge in [0.2, 0.25) is 0 Å². The van der Waals surface area contributed by atoms with Gasteiger partial charge >= 0.3 is 0 Å². The number of aliphatic hydroxyl groups is 1. The Bertz CT molecular complexity index is 376. The van der Waals surface area contributed by atoms with Gasteiger partial charge in [0.1, 0.15) is 12.4 Å². The highest BCUT2D eigenvalue weighted by atomic mass is 16.4. The minimum Gasteiger partial charge on any atom is -0.466 e. The van der Waals surface area contributed by atoms with Gasteiger partial charge in [0.05, 0.1) is 6.26 Å². The predicted octanol–water partition coefficient (Wildman–Crippen LogP) is 2.44. The van der Waals surface area contributed by atoms with E-state index >= 15 is 0 Å². The zero-order valence-electron chi connectivity index (χ0n) is 7.10. The minimum absolute atomic E-state index is 0.0488. The average molecular weight is 174 g/mol. The maximum Gasteiger partial charge on any atom is 0.129 e. The predicted molar refractivity (Wildman–Crippen MR) is 50.1 cm³/mol. The standard InChI is InChI=1S/C11H10O2/c12-7-11-6-10(8-13-11)9-4-2-1-3-5-9/h1-6,8,12H,7H2.